The zero-order valence-corrected chi connectivity index (χ0v) is 8.64. The Morgan fingerprint density at radius 3 is 2.39 bits per heavy atom. The first kappa shape index (κ1) is 12.3. The van der Waals surface area contributed by atoms with E-state index in [0.29, 0.717) is 17.5 Å². The summed E-state index contributed by atoms with van der Waals surface area (Å²) in [5.41, 5.74) is -4.28. The summed E-state index contributed by atoms with van der Waals surface area (Å²) in [5, 5.41) is 22.5. The van der Waals surface area contributed by atoms with E-state index < -0.39 is 40.2 Å². The molecule has 0 atom stereocenters. The second-order valence-corrected chi connectivity index (χ2v) is 3.78. The van der Waals surface area contributed by atoms with Crippen molar-refractivity contribution < 1.29 is 28.0 Å². The Morgan fingerprint density at radius 2 is 2.06 bits per heavy atom. The van der Waals surface area contributed by atoms with Crippen molar-refractivity contribution in [3.8, 4) is 0 Å². The Kier molecular flexibility index (Phi) is 2.52. The number of carboxylic acid groups (broad SMARTS) is 1. The van der Waals surface area contributed by atoms with Crippen molar-refractivity contribution in [3.63, 3.8) is 0 Å². The predicted molar refractivity (Wildman–Crippen MR) is 49.1 cm³/mol. The van der Waals surface area contributed by atoms with Crippen LogP contribution in [0.2, 0.25) is 0 Å². The molecular weight excluding hydrogens is 259 g/mol. The lowest BCUT2D eigenvalue weighted by molar-refractivity contribution is -0.388. The number of nitro groups is 1. The zero-order chi connectivity index (χ0) is 13.7. The number of rotatable bonds is 3. The third kappa shape index (κ3) is 1.89. The highest BCUT2D eigenvalue weighted by Gasteiger charge is 2.48. The van der Waals surface area contributed by atoms with Gasteiger partial charge in [-0.2, -0.15) is 18.3 Å². The topological polar surface area (TPSA) is 98.3 Å². The average molecular weight is 265 g/mol. The van der Waals surface area contributed by atoms with Crippen molar-refractivity contribution in [2.75, 3.05) is 0 Å². The second kappa shape index (κ2) is 3.68. The van der Waals surface area contributed by atoms with E-state index in [1.165, 1.54) is 0 Å². The molecule has 0 radical (unpaired) electrons. The summed E-state index contributed by atoms with van der Waals surface area (Å²) >= 11 is 0. The highest BCUT2D eigenvalue weighted by atomic mass is 19.4. The molecule has 0 aromatic carbocycles. The van der Waals surface area contributed by atoms with Gasteiger partial charge < -0.3 is 5.11 Å². The number of carboxylic acids is 1. The van der Waals surface area contributed by atoms with Gasteiger partial charge in [-0.25, -0.2) is 9.48 Å². The van der Waals surface area contributed by atoms with Gasteiger partial charge in [0.1, 0.15) is 0 Å². The number of halogens is 3. The highest BCUT2D eigenvalue weighted by Crippen LogP contribution is 2.42. The lowest BCUT2D eigenvalue weighted by Crippen LogP contribution is -2.10. The summed E-state index contributed by atoms with van der Waals surface area (Å²) in [4.78, 5) is 20.2. The minimum Gasteiger partial charge on any atom is -0.476 e. The van der Waals surface area contributed by atoms with Gasteiger partial charge in [-0.1, -0.05) is 0 Å². The van der Waals surface area contributed by atoms with Crippen molar-refractivity contribution in [3.05, 3.63) is 21.5 Å². The molecule has 1 aromatic rings. The van der Waals surface area contributed by atoms with Crippen LogP contribution < -0.4 is 0 Å². The first-order valence-corrected chi connectivity index (χ1v) is 4.81. The van der Waals surface area contributed by atoms with E-state index in [0.717, 1.165) is 0 Å². The van der Waals surface area contributed by atoms with Crippen LogP contribution in [0, 0.1) is 10.1 Å². The Hall–Kier alpha value is -2.13. The lowest BCUT2D eigenvalue weighted by Gasteiger charge is -2.00. The van der Waals surface area contributed by atoms with Gasteiger partial charge in [0.15, 0.2) is 0 Å². The summed E-state index contributed by atoms with van der Waals surface area (Å²) in [6.45, 7) is 0. The van der Waals surface area contributed by atoms with Crippen LogP contribution in [0.4, 0.5) is 18.9 Å². The molecule has 1 heterocycles. The van der Waals surface area contributed by atoms with Crippen LogP contribution in [-0.2, 0) is 6.18 Å². The van der Waals surface area contributed by atoms with Crippen molar-refractivity contribution in [1.82, 2.24) is 9.78 Å². The van der Waals surface area contributed by atoms with E-state index in [1.807, 2.05) is 0 Å². The maximum Gasteiger partial charge on any atom is 0.442 e. The normalized spacial score (nSPS) is 15.7. The number of aromatic carboxylic acids is 1. The van der Waals surface area contributed by atoms with Gasteiger partial charge in [-0.05, 0) is 12.8 Å². The van der Waals surface area contributed by atoms with Crippen LogP contribution >= 0.6 is 0 Å². The molecule has 98 valence electrons. The third-order valence-corrected chi connectivity index (χ3v) is 2.43. The molecule has 1 saturated carbocycles. The van der Waals surface area contributed by atoms with Gasteiger partial charge in [-0.3, -0.25) is 10.1 Å². The highest BCUT2D eigenvalue weighted by molar-refractivity contribution is 5.91. The predicted octanol–water partition coefficient (Wildman–Crippen LogP) is 1.84. The Morgan fingerprint density at radius 1 is 1.50 bits per heavy atom. The second-order valence-electron chi connectivity index (χ2n) is 3.78. The molecule has 10 heteroatoms. The van der Waals surface area contributed by atoms with Crippen LogP contribution in [0.25, 0.3) is 0 Å². The molecule has 1 N–H and O–H groups in total. The van der Waals surface area contributed by atoms with Crippen molar-refractivity contribution in [2.24, 2.45) is 0 Å². The van der Waals surface area contributed by atoms with Gasteiger partial charge in [0.25, 0.3) is 0 Å². The maximum atomic E-state index is 12.6. The molecule has 18 heavy (non-hydrogen) atoms. The largest absolute Gasteiger partial charge is 0.476 e. The Balaban J connectivity index is 2.71. The molecule has 7 nitrogen and oxygen atoms in total. The molecule has 1 aliphatic carbocycles. The summed E-state index contributed by atoms with van der Waals surface area (Å²) in [7, 11) is 0. The Bertz CT molecular complexity index is 532. The SMILES string of the molecule is O=C(O)c1c([N+](=O)[O-])c(C(F)(F)F)nn1C1CC1. The number of hydrogen-bond acceptors (Lipinski definition) is 4. The summed E-state index contributed by atoms with van der Waals surface area (Å²) < 4.78 is 38.3. The van der Waals surface area contributed by atoms with Crippen LogP contribution in [0.5, 0.6) is 0 Å². The summed E-state index contributed by atoms with van der Waals surface area (Å²) in [5.74, 6) is -1.79. The minimum absolute atomic E-state index is 0.455. The van der Waals surface area contributed by atoms with E-state index in [1.54, 1.807) is 0 Å². The molecule has 0 aliphatic heterocycles. The fourth-order valence-corrected chi connectivity index (χ4v) is 1.57. The maximum absolute atomic E-state index is 12.6. The van der Waals surface area contributed by atoms with Gasteiger partial charge >= 0.3 is 17.8 Å². The van der Waals surface area contributed by atoms with Crippen molar-refractivity contribution in [1.29, 1.82) is 0 Å². The van der Waals surface area contributed by atoms with Crippen molar-refractivity contribution >= 4 is 11.7 Å². The van der Waals surface area contributed by atoms with Crippen molar-refractivity contribution in [2.45, 2.75) is 25.1 Å². The number of alkyl halides is 3. The molecule has 1 aliphatic rings. The standard InChI is InChI=1S/C8H6F3N3O4/c9-8(10,11)6-4(14(17)18)5(7(15)16)13(12-6)3-1-2-3/h3H,1-2H2,(H,15,16). The zero-order valence-electron chi connectivity index (χ0n) is 8.64. The van der Waals surface area contributed by atoms with Gasteiger partial charge in [0.2, 0.25) is 11.4 Å². The summed E-state index contributed by atoms with van der Waals surface area (Å²) in [6.07, 6.45) is -4.15. The van der Waals surface area contributed by atoms with Crippen LogP contribution in [0.1, 0.15) is 35.1 Å². The van der Waals surface area contributed by atoms with E-state index in [4.69, 9.17) is 5.11 Å². The average Bonchev–Trinajstić information content (AvgIpc) is 2.94. The van der Waals surface area contributed by atoms with E-state index >= 15 is 0 Å². The molecule has 2 rings (SSSR count). The monoisotopic (exact) mass is 265 g/mol. The molecular formula is C8H6F3N3O4. The quantitative estimate of drug-likeness (QED) is 0.664. The molecule has 1 fully saturated rings. The smallest absolute Gasteiger partial charge is 0.442 e. The van der Waals surface area contributed by atoms with Crippen LogP contribution in [-0.4, -0.2) is 25.8 Å². The third-order valence-electron chi connectivity index (χ3n) is 2.43. The van der Waals surface area contributed by atoms with Crippen LogP contribution in [0.3, 0.4) is 0 Å². The van der Waals surface area contributed by atoms with Gasteiger partial charge in [0.05, 0.1) is 11.0 Å². The Labute approximate surface area is 97.0 Å². The van der Waals surface area contributed by atoms with Gasteiger partial charge in [-0.15, -0.1) is 0 Å². The molecule has 1 aromatic heterocycles. The van der Waals surface area contributed by atoms with E-state index in [9.17, 15) is 28.1 Å². The number of nitrogens with zero attached hydrogens (tertiary/aromatic N) is 3. The van der Waals surface area contributed by atoms with Gasteiger partial charge in [0, 0.05) is 0 Å². The molecule has 0 amide bonds. The number of aromatic nitrogens is 2. The summed E-state index contributed by atoms with van der Waals surface area (Å²) in [6, 6.07) is -0.508. The molecule has 0 bridgehead atoms. The van der Waals surface area contributed by atoms with E-state index in [2.05, 4.69) is 5.10 Å². The number of carbonyl (C=O) groups is 1. The molecule has 0 saturated heterocycles. The number of hydrogen-bond donors (Lipinski definition) is 1. The van der Waals surface area contributed by atoms with E-state index in [-0.39, 0.29) is 0 Å². The minimum atomic E-state index is -5.06. The first-order chi connectivity index (χ1) is 8.23. The van der Waals surface area contributed by atoms with Crippen LogP contribution in [0.15, 0.2) is 0 Å². The molecule has 0 spiro atoms. The molecule has 0 unspecified atom stereocenters. The fraction of sp³-hybridized carbons (Fsp3) is 0.500. The lowest BCUT2D eigenvalue weighted by atomic mass is 10.3. The first-order valence-electron chi connectivity index (χ1n) is 4.81. The fourth-order valence-electron chi connectivity index (χ4n) is 1.57.